The molecular formula is C33H41F3N6O5S. The van der Waals surface area contributed by atoms with Gasteiger partial charge in [-0.25, -0.2) is 8.42 Å². The Kier molecular flexibility index (Phi) is 10.5. The van der Waals surface area contributed by atoms with Crippen LogP contribution in [0.3, 0.4) is 0 Å². The van der Waals surface area contributed by atoms with E-state index in [1.165, 1.54) is 22.5 Å². The Labute approximate surface area is 278 Å². The van der Waals surface area contributed by atoms with E-state index < -0.39 is 39.4 Å². The fourth-order valence-electron chi connectivity index (χ4n) is 6.35. The molecule has 1 amide bonds. The van der Waals surface area contributed by atoms with Crippen LogP contribution in [0.5, 0.6) is 0 Å². The number of hydrogen-bond donors (Lipinski definition) is 3. The number of nitrogens with one attached hydrogen (secondary N) is 1. The summed E-state index contributed by atoms with van der Waals surface area (Å²) >= 11 is 0. The predicted molar refractivity (Wildman–Crippen MR) is 173 cm³/mol. The van der Waals surface area contributed by atoms with Crippen molar-refractivity contribution in [2.24, 2.45) is 0 Å². The first-order valence-electron chi connectivity index (χ1n) is 15.7. The maximum absolute atomic E-state index is 14.0. The molecule has 260 valence electrons. The number of sulfonamides is 1. The second kappa shape index (κ2) is 14.1. The average molecular weight is 691 g/mol. The summed E-state index contributed by atoms with van der Waals surface area (Å²) in [5.74, 6) is -0.525. The normalized spacial score (nSPS) is 17.8. The zero-order valence-electron chi connectivity index (χ0n) is 27.2. The molecule has 2 aliphatic heterocycles. The molecule has 4 heterocycles. The molecule has 2 aliphatic rings. The van der Waals surface area contributed by atoms with E-state index in [4.69, 9.17) is 5.10 Å². The SMILES string of the molecule is CC(C)=CC(=O)NCc1cc(-c2nn(CC(O)CN3CCC(O)(c4ccccn4)CC3)c3c2CN(S(C)(=O)=O)CC3)ccc1C(F)(F)F. The highest BCUT2D eigenvalue weighted by Gasteiger charge is 2.37. The standard InChI is InChI=1S/C33H41F3N6O5S/c1-22(2)16-30(44)38-18-24-17-23(7-8-27(24)33(34,35)36)31-26-21-41(48(3,46)47)13-9-28(26)42(39-31)20-25(43)19-40-14-10-32(45,11-15-40)29-6-4-5-12-37-29/h4-8,12,16-17,25,43,45H,9-11,13-15,18-21H2,1-3H3,(H,38,44). The second-order valence-electron chi connectivity index (χ2n) is 12.8. The Morgan fingerprint density at radius 2 is 1.85 bits per heavy atom. The molecule has 5 rings (SSSR count). The number of aromatic nitrogens is 3. The number of allylic oxidation sites excluding steroid dienone is 1. The van der Waals surface area contributed by atoms with Gasteiger partial charge in [0.2, 0.25) is 15.9 Å². The number of pyridine rings is 1. The predicted octanol–water partition coefficient (Wildman–Crippen LogP) is 3.21. The van der Waals surface area contributed by atoms with Crippen LogP contribution in [0.4, 0.5) is 13.2 Å². The van der Waals surface area contributed by atoms with Crippen LogP contribution in [0.1, 0.15) is 54.8 Å². The maximum Gasteiger partial charge on any atom is 0.416 e. The topological polar surface area (TPSA) is 141 Å². The number of fused-ring (bicyclic) bond motifs is 1. The number of carbonyl (C=O) groups is 1. The fourth-order valence-corrected chi connectivity index (χ4v) is 7.13. The minimum atomic E-state index is -4.67. The molecule has 2 aromatic heterocycles. The molecule has 0 saturated carbocycles. The van der Waals surface area contributed by atoms with Crippen molar-refractivity contribution in [3.8, 4) is 11.3 Å². The van der Waals surface area contributed by atoms with E-state index in [-0.39, 0.29) is 31.7 Å². The largest absolute Gasteiger partial charge is 0.416 e. The third kappa shape index (κ3) is 8.32. The third-order valence-corrected chi connectivity index (χ3v) is 10.1. The van der Waals surface area contributed by atoms with Gasteiger partial charge in [-0.3, -0.25) is 14.5 Å². The average Bonchev–Trinajstić information content (AvgIpc) is 3.37. The van der Waals surface area contributed by atoms with Gasteiger partial charge in [-0.2, -0.15) is 22.6 Å². The Bertz CT molecular complexity index is 1770. The smallest absolute Gasteiger partial charge is 0.390 e. The van der Waals surface area contributed by atoms with Crippen molar-refractivity contribution in [3.05, 3.63) is 82.3 Å². The highest BCUT2D eigenvalue weighted by molar-refractivity contribution is 7.88. The number of β-amino-alcohol motifs (C(OH)–C–C–N with tert-alkyl or cyclic N) is 1. The van der Waals surface area contributed by atoms with Gasteiger partial charge >= 0.3 is 6.18 Å². The lowest BCUT2D eigenvalue weighted by molar-refractivity contribution is -0.138. The Morgan fingerprint density at radius 3 is 2.48 bits per heavy atom. The van der Waals surface area contributed by atoms with Gasteiger partial charge in [-0.15, -0.1) is 0 Å². The summed E-state index contributed by atoms with van der Waals surface area (Å²) in [6.07, 6.45) is -0.302. The summed E-state index contributed by atoms with van der Waals surface area (Å²) in [7, 11) is -3.58. The van der Waals surface area contributed by atoms with Gasteiger partial charge in [0.25, 0.3) is 0 Å². The number of hydrogen-bond acceptors (Lipinski definition) is 8. The summed E-state index contributed by atoms with van der Waals surface area (Å²) in [6.45, 7) is 4.64. The van der Waals surface area contributed by atoms with Crippen LogP contribution in [0.2, 0.25) is 0 Å². The number of rotatable bonds is 10. The van der Waals surface area contributed by atoms with Gasteiger partial charge in [-0.1, -0.05) is 17.7 Å². The first-order valence-corrected chi connectivity index (χ1v) is 17.6. The first-order chi connectivity index (χ1) is 22.5. The number of alkyl halides is 3. The molecule has 15 heteroatoms. The molecule has 3 N–H and O–H groups in total. The van der Waals surface area contributed by atoms with Crippen molar-refractivity contribution < 1.29 is 36.6 Å². The third-order valence-electron chi connectivity index (χ3n) is 8.80. The van der Waals surface area contributed by atoms with Crippen molar-refractivity contribution in [3.63, 3.8) is 0 Å². The molecule has 0 radical (unpaired) electrons. The van der Waals surface area contributed by atoms with Crippen molar-refractivity contribution >= 4 is 15.9 Å². The molecule has 11 nitrogen and oxygen atoms in total. The Morgan fingerprint density at radius 1 is 1.12 bits per heavy atom. The first kappa shape index (κ1) is 35.7. The Balaban J connectivity index is 1.40. The molecule has 1 fully saturated rings. The van der Waals surface area contributed by atoms with Crippen LogP contribution in [0.25, 0.3) is 11.3 Å². The molecule has 1 atom stereocenters. The number of benzene rings is 1. The fraction of sp³-hybridized carbons (Fsp3) is 0.485. The van der Waals surface area contributed by atoms with Crippen LogP contribution >= 0.6 is 0 Å². The summed E-state index contributed by atoms with van der Waals surface area (Å²) < 4.78 is 69.8. The number of halogens is 3. The number of piperidine rings is 1. The van der Waals surface area contributed by atoms with Crippen molar-refractivity contribution in [2.75, 3.05) is 32.4 Å². The maximum atomic E-state index is 14.0. The van der Waals surface area contributed by atoms with Gasteiger partial charge in [0.15, 0.2) is 0 Å². The lowest BCUT2D eigenvalue weighted by atomic mass is 9.87. The minimum Gasteiger partial charge on any atom is -0.390 e. The number of aliphatic hydroxyl groups excluding tert-OH is 1. The molecule has 0 aliphatic carbocycles. The number of likely N-dealkylation sites (tertiary alicyclic amines) is 1. The highest BCUT2D eigenvalue weighted by atomic mass is 32.2. The van der Waals surface area contributed by atoms with Crippen molar-refractivity contribution in [1.82, 2.24) is 29.3 Å². The van der Waals surface area contributed by atoms with Gasteiger partial charge in [0.1, 0.15) is 5.60 Å². The zero-order chi connectivity index (χ0) is 34.9. The molecule has 48 heavy (non-hydrogen) atoms. The summed E-state index contributed by atoms with van der Waals surface area (Å²) in [5.41, 5.74) is 1.10. The van der Waals surface area contributed by atoms with Gasteiger partial charge in [0.05, 0.1) is 35.9 Å². The highest BCUT2D eigenvalue weighted by Crippen LogP contribution is 2.37. The van der Waals surface area contributed by atoms with E-state index in [2.05, 4.69) is 15.2 Å². The quantitative estimate of drug-likeness (QED) is 0.276. The number of carbonyl (C=O) groups excluding carboxylic acids is 1. The lowest BCUT2D eigenvalue weighted by Crippen LogP contribution is -2.46. The van der Waals surface area contributed by atoms with Gasteiger partial charge in [-0.05, 0) is 56.5 Å². The van der Waals surface area contributed by atoms with E-state index in [0.717, 1.165) is 12.3 Å². The molecule has 1 aromatic carbocycles. The molecular weight excluding hydrogens is 649 g/mol. The van der Waals surface area contributed by atoms with Crippen LogP contribution < -0.4 is 5.32 Å². The number of amides is 1. The van der Waals surface area contributed by atoms with Gasteiger partial charge in [0, 0.05) is 74.8 Å². The van der Waals surface area contributed by atoms with Gasteiger partial charge < -0.3 is 20.4 Å². The minimum absolute atomic E-state index is 0.0223. The van der Waals surface area contributed by atoms with Crippen molar-refractivity contribution in [2.45, 2.75) is 70.6 Å². The van der Waals surface area contributed by atoms with Crippen LogP contribution in [-0.4, -0.2) is 87.0 Å². The van der Waals surface area contributed by atoms with E-state index in [1.54, 1.807) is 36.9 Å². The van der Waals surface area contributed by atoms with E-state index in [9.17, 15) is 36.6 Å². The number of nitrogens with zero attached hydrogens (tertiary/aromatic N) is 5. The molecule has 1 saturated heterocycles. The van der Waals surface area contributed by atoms with Crippen LogP contribution in [0.15, 0.2) is 54.2 Å². The van der Waals surface area contributed by atoms with Crippen LogP contribution in [0, 0.1) is 0 Å². The lowest BCUT2D eigenvalue weighted by Gasteiger charge is -2.38. The molecule has 0 spiro atoms. The zero-order valence-corrected chi connectivity index (χ0v) is 28.0. The summed E-state index contributed by atoms with van der Waals surface area (Å²) in [5, 5.41) is 29.5. The van der Waals surface area contributed by atoms with E-state index in [0.29, 0.717) is 72.7 Å². The van der Waals surface area contributed by atoms with Crippen molar-refractivity contribution in [1.29, 1.82) is 0 Å². The molecule has 1 unspecified atom stereocenters. The summed E-state index contributed by atoms with van der Waals surface area (Å²) in [6, 6.07) is 8.99. The van der Waals surface area contributed by atoms with E-state index in [1.807, 2.05) is 6.07 Å². The second-order valence-corrected chi connectivity index (χ2v) is 14.8. The monoisotopic (exact) mass is 690 g/mol. The Hall–Kier alpha value is -3.63. The molecule has 3 aromatic rings. The summed E-state index contributed by atoms with van der Waals surface area (Å²) in [4.78, 5) is 18.6. The number of aliphatic hydroxyl groups is 2. The molecule has 0 bridgehead atoms. The van der Waals surface area contributed by atoms with E-state index >= 15 is 0 Å². The van der Waals surface area contributed by atoms with Crippen LogP contribution in [-0.2, 0) is 52.7 Å².